The maximum atomic E-state index is 10.5. The first-order valence-electron chi connectivity index (χ1n) is 5.57. The van der Waals surface area contributed by atoms with Gasteiger partial charge in [0.1, 0.15) is 0 Å². The summed E-state index contributed by atoms with van der Waals surface area (Å²) >= 11 is 0. The second-order valence-corrected chi connectivity index (χ2v) is 4.22. The Labute approximate surface area is 80.9 Å². The van der Waals surface area contributed by atoms with Crippen LogP contribution in [0.1, 0.15) is 57.8 Å². The summed E-state index contributed by atoms with van der Waals surface area (Å²) in [6.07, 6.45) is 11.1. The average Bonchev–Trinajstić information content (AvgIpc) is 2.32. The molecule has 0 radical (unpaired) electrons. The van der Waals surface area contributed by atoms with Crippen molar-refractivity contribution >= 4 is 5.91 Å². The molecule has 1 amide bonds. The quantitative estimate of drug-likeness (QED) is 0.669. The van der Waals surface area contributed by atoms with Crippen molar-refractivity contribution in [3.8, 4) is 0 Å². The van der Waals surface area contributed by atoms with Crippen LogP contribution in [0.5, 0.6) is 0 Å². The summed E-state index contributed by atoms with van der Waals surface area (Å²) in [7, 11) is 0. The Balaban J connectivity index is 2.08. The summed E-state index contributed by atoms with van der Waals surface area (Å²) in [5.41, 5.74) is 5.10. The standard InChI is InChI=1S/C11H21NO/c12-11(13)9-5-8-10-6-3-1-2-4-7-10/h10H,1-9H2,(H2,12,13). The number of hydrogen-bond donors (Lipinski definition) is 1. The van der Waals surface area contributed by atoms with Crippen molar-refractivity contribution in [1.82, 2.24) is 0 Å². The third-order valence-corrected chi connectivity index (χ3v) is 3.01. The summed E-state index contributed by atoms with van der Waals surface area (Å²) in [5.74, 6) is 0.732. The molecule has 0 aromatic heterocycles. The predicted octanol–water partition coefficient (Wildman–Crippen LogP) is 2.61. The van der Waals surface area contributed by atoms with Crippen LogP contribution in [0.15, 0.2) is 0 Å². The van der Waals surface area contributed by atoms with Crippen LogP contribution in [0.25, 0.3) is 0 Å². The fourth-order valence-electron chi connectivity index (χ4n) is 2.22. The molecule has 1 fully saturated rings. The second kappa shape index (κ2) is 6.01. The zero-order valence-corrected chi connectivity index (χ0v) is 8.43. The molecule has 1 saturated carbocycles. The molecule has 0 unspecified atom stereocenters. The van der Waals surface area contributed by atoms with Crippen molar-refractivity contribution in [2.75, 3.05) is 0 Å². The molecule has 2 N–H and O–H groups in total. The summed E-state index contributed by atoms with van der Waals surface area (Å²) in [5, 5.41) is 0. The van der Waals surface area contributed by atoms with Crippen LogP contribution < -0.4 is 5.73 Å². The fourth-order valence-corrected chi connectivity index (χ4v) is 2.22. The molecule has 0 aliphatic heterocycles. The summed E-state index contributed by atoms with van der Waals surface area (Å²) in [6, 6.07) is 0. The molecule has 76 valence electrons. The molecule has 1 aliphatic rings. The van der Waals surface area contributed by atoms with E-state index in [1.165, 1.54) is 44.9 Å². The molecular weight excluding hydrogens is 162 g/mol. The molecule has 13 heavy (non-hydrogen) atoms. The maximum absolute atomic E-state index is 10.5. The van der Waals surface area contributed by atoms with Crippen molar-refractivity contribution in [1.29, 1.82) is 0 Å². The molecule has 0 bridgehead atoms. The van der Waals surface area contributed by atoms with Gasteiger partial charge in [-0.2, -0.15) is 0 Å². The van der Waals surface area contributed by atoms with E-state index < -0.39 is 0 Å². The second-order valence-electron chi connectivity index (χ2n) is 4.22. The number of amides is 1. The lowest BCUT2D eigenvalue weighted by Crippen LogP contribution is -2.10. The predicted molar refractivity (Wildman–Crippen MR) is 54.2 cm³/mol. The molecular formula is C11H21NO. The highest BCUT2D eigenvalue weighted by Crippen LogP contribution is 2.26. The van der Waals surface area contributed by atoms with Gasteiger partial charge >= 0.3 is 0 Å². The van der Waals surface area contributed by atoms with Gasteiger partial charge in [-0.15, -0.1) is 0 Å². The van der Waals surface area contributed by atoms with Crippen molar-refractivity contribution < 1.29 is 4.79 Å². The molecule has 1 rings (SSSR count). The van der Waals surface area contributed by atoms with E-state index in [1.807, 2.05) is 0 Å². The topological polar surface area (TPSA) is 43.1 Å². The molecule has 0 aromatic carbocycles. The minimum atomic E-state index is -0.145. The number of hydrogen-bond acceptors (Lipinski definition) is 1. The van der Waals surface area contributed by atoms with E-state index in [-0.39, 0.29) is 5.91 Å². The van der Waals surface area contributed by atoms with Crippen LogP contribution in [0.4, 0.5) is 0 Å². The molecule has 0 atom stereocenters. The van der Waals surface area contributed by atoms with Gasteiger partial charge in [-0.25, -0.2) is 0 Å². The van der Waals surface area contributed by atoms with Gasteiger partial charge in [-0.1, -0.05) is 38.5 Å². The zero-order valence-electron chi connectivity index (χ0n) is 8.43. The van der Waals surface area contributed by atoms with E-state index in [0.717, 1.165) is 12.3 Å². The normalized spacial score (nSPS) is 19.7. The lowest BCUT2D eigenvalue weighted by molar-refractivity contribution is -0.118. The number of rotatable bonds is 4. The minimum Gasteiger partial charge on any atom is -0.370 e. The summed E-state index contributed by atoms with van der Waals surface area (Å²) in [6.45, 7) is 0. The largest absolute Gasteiger partial charge is 0.370 e. The highest BCUT2D eigenvalue weighted by molar-refractivity contribution is 5.73. The van der Waals surface area contributed by atoms with Crippen molar-refractivity contribution in [2.24, 2.45) is 11.7 Å². The molecule has 2 nitrogen and oxygen atoms in total. The van der Waals surface area contributed by atoms with Crippen LogP contribution in [0, 0.1) is 5.92 Å². The Morgan fingerprint density at radius 2 is 1.77 bits per heavy atom. The monoisotopic (exact) mass is 183 g/mol. The van der Waals surface area contributed by atoms with Crippen LogP contribution in [0.3, 0.4) is 0 Å². The number of carbonyl (C=O) groups is 1. The molecule has 2 heteroatoms. The minimum absolute atomic E-state index is 0.145. The Morgan fingerprint density at radius 1 is 1.15 bits per heavy atom. The van der Waals surface area contributed by atoms with Gasteiger partial charge in [0, 0.05) is 6.42 Å². The third-order valence-electron chi connectivity index (χ3n) is 3.01. The molecule has 0 spiro atoms. The lowest BCUT2D eigenvalue weighted by Gasteiger charge is -2.12. The van der Waals surface area contributed by atoms with Gasteiger partial charge in [0.15, 0.2) is 0 Å². The van der Waals surface area contributed by atoms with Gasteiger partial charge in [0.25, 0.3) is 0 Å². The summed E-state index contributed by atoms with van der Waals surface area (Å²) < 4.78 is 0. The van der Waals surface area contributed by atoms with Gasteiger partial charge in [0.05, 0.1) is 0 Å². The molecule has 0 aromatic rings. The zero-order chi connectivity index (χ0) is 9.52. The Hall–Kier alpha value is -0.530. The van der Waals surface area contributed by atoms with Crippen LogP contribution in [0.2, 0.25) is 0 Å². The number of primary amides is 1. The third kappa shape index (κ3) is 4.91. The van der Waals surface area contributed by atoms with Crippen LogP contribution in [-0.2, 0) is 4.79 Å². The van der Waals surface area contributed by atoms with Gasteiger partial charge in [0.2, 0.25) is 5.91 Å². The van der Waals surface area contributed by atoms with E-state index in [1.54, 1.807) is 0 Å². The van der Waals surface area contributed by atoms with Crippen LogP contribution >= 0.6 is 0 Å². The fraction of sp³-hybridized carbons (Fsp3) is 0.909. The Kier molecular flexibility index (Phi) is 4.87. The van der Waals surface area contributed by atoms with E-state index in [4.69, 9.17) is 5.73 Å². The number of carbonyl (C=O) groups excluding carboxylic acids is 1. The lowest BCUT2D eigenvalue weighted by atomic mass is 9.94. The van der Waals surface area contributed by atoms with Crippen molar-refractivity contribution in [3.05, 3.63) is 0 Å². The molecule has 1 aliphatic carbocycles. The smallest absolute Gasteiger partial charge is 0.217 e. The first-order valence-corrected chi connectivity index (χ1v) is 5.57. The number of nitrogens with two attached hydrogens (primary N) is 1. The summed E-state index contributed by atoms with van der Waals surface area (Å²) in [4.78, 5) is 10.5. The first kappa shape index (κ1) is 10.6. The Bertz CT molecular complexity index is 148. The molecule has 0 heterocycles. The average molecular weight is 183 g/mol. The van der Waals surface area contributed by atoms with Gasteiger partial charge in [-0.05, 0) is 18.8 Å². The Morgan fingerprint density at radius 3 is 2.31 bits per heavy atom. The van der Waals surface area contributed by atoms with Crippen LogP contribution in [-0.4, -0.2) is 5.91 Å². The van der Waals surface area contributed by atoms with E-state index >= 15 is 0 Å². The van der Waals surface area contributed by atoms with E-state index in [2.05, 4.69) is 0 Å². The van der Waals surface area contributed by atoms with Gasteiger partial charge in [-0.3, -0.25) is 4.79 Å². The SMILES string of the molecule is NC(=O)CCCC1CCCCCC1. The van der Waals surface area contributed by atoms with Gasteiger partial charge < -0.3 is 5.73 Å². The van der Waals surface area contributed by atoms with E-state index in [9.17, 15) is 4.79 Å². The highest BCUT2D eigenvalue weighted by Gasteiger charge is 2.11. The molecule has 0 saturated heterocycles. The maximum Gasteiger partial charge on any atom is 0.217 e. The van der Waals surface area contributed by atoms with E-state index in [0.29, 0.717) is 6.42 Å². The highest BCUT2D eigenvalue weighted by atomic mass is 16.1. The first-order chi connectivity index (χ1) is 6.29. The van der Waals surface area contributed by atoms with Crippen molar-refractivity contribution in [3.63, 3.8) is 0 Å². The van der Waals surface area contributed by atoms with Crippen molar-refractivity contribution in [2.45, 2.75) is 57.8 Å².